The molecule has 13 heavy (non-hydrogen) atoms. The maximum absolute atomic E-state index is 4.28. The second kappa shape index (κ2) is 2.83. The standard InChI is InChI=1S/C10H13N3.H2/c1-6(2)8-4-9-10(11-5-8)13-7(3)12-9;/h4-6H,1-3H3,(H,11,12,13);1H. The van der Waals surface area contributed by atoms with Gasteiger partial charge in [0.1, 0.15) is 5.82 Å². The van der Waals surface area contributed by atoms with Gasteiger partial charge in [-0.05, 0) is 24.5 Å². The quantitative estimate of drug-likeness (QED) is 0.727. The molecule has 2 aromatic rings. The highest BCUT2D eigenvalue weighted by atomic mass is 15.0. The molecule has 0 aromatic carbocycles. The van der Waals surface area contributed by atoms with Crippen molar-refractivity contribution in [3.8, 4) is 0 Å². The number of rotatable bonds is 1. The zero-order valence-corrected chi connectivity index (χ0v) is 8.13. The minimum Gasteiger partial charge on any atom is -0.341 e. The van der Waals surface area contributed by atoms with Crippen LogP contribution in [0, 0.1) is 6.92 Å². The average molecular weight is 177 g/mol. The molecule has 0 aliphatic carbocycles. The number of nitrogens with one attached hydrogen (secondary N) is 1. The molecule has 0 fully saturated rings. The van der Waals surface area contributed by atoms with Gasteiger partial charge in [0.2, 0.25) is 0 Å². The van der Waals surface area contributed by atoms with Crippen molar-refractivity contribution in [3.63, 3.8) is 0 Å². The van der Waals surface area contributed by atoms with Crippen molar-refractivity contribution in [3.05, 3.63) is 23.7 Å². The summed E-state index contributed by atoms with van der Waals surface area (Å²) in [6.07, 6.45) is 1.90. The molecule has 2 heterocycles. The normalized spacial score (nSPS) is 11.4. The van der Waals surface area contributed by atoms with Crippen LogP contribution in [0.3, 0.4) is 0 Å². The fraction of sp³-hybridized carbons (Fsp3) is 0.400. The van der Waals surface area contributed by atoms with Crippen LogP contribution in [0.4, 0.5) is 0 Å². The van der Waals surface area contributed by atoms with Gasteiger partial charge in [-0.2, -0.15) is 0 Å². The first-order valence-electron chi connectivity index (χ1n) is 4.49. The van der Waals surface area contributed by atoms with Gasteiger partial charge in [-0.1, -0.05) is 13.8 Å². The molecule has 0 radical (unpaired) electrons. The Bertz CT molecular complexity index is 434. The Morgan fingerprint density at radius 2 is 2.23 bits per heavy atom. The topological polar surface area (TPSA) is 41.6 Å². The van der Waals surface area contributed by atoms with Crippen LogP contribution in [0.2, 0.25) is 0 Å². The first kappa shape index (κ1) is 8.23. The molecule has 0 saturated heterocycles. The van der Waals surface area contributed by atoms with Crippen LogP contribution in [-0.2, 0) is 0 Å². The summed E-state index contributed by atoms with van der Waals surface area (Å²) in [5.74, 6) is 1.43. The van der Waals surface area contributed by atoms with Crippen LogP contribution in [0.15, 0.2) is 12.3 Å². The van der Waals surface area contributed by atoms with Crippen molar-refractivity contribution in [2.45, 2.75) is 26.7 Å². The van der Waals surface area contributed by atoms with Gasteiger partial charge >= 0.3 is 0 Å². The van der Waals surface area contributed by atoms with Gasteiger partial charge in [0.15, 0.2) is 5.65 Å². The lowest BCUT2D eigenvalue weighted by Gasteiger charge is -2.02. The fourth-order valence-corrected chi connectivity index (χ4v) is 1.35. The number of fused-ring (bicyclic) bond motifs is 1. The average Bonchev–Trinajstić information content (AvgIpc) is 2.42. The van der Waals surface area contributed by atoms with Crippen LogP contribution in [-0.4, -0.2) is 15.0 Å². The number of pyridine rings is 1. The molecular formula is C10H15N3. The van der Waals surface area contributed by atoms with Crippen molar-refractivity contribution in [2.24, 2.45) is 0 Å². The largest absolute Gasteiger partial charge is 0.341 e. The van der Waals surface area contributed by atoms with E-state index in [0.29, 0.717) is 5.92 Å². The molecular weight excluding hydrogens is 162 g/mol. The highest BCUT2D eigenvalue weighted by Gasteiger charge is 2.04. The fourth-order valence-electron chi connectivity index (χ4n) is 1.35. The van der Waals surface area contributed by atoms with Crippen molar-refractivity contribution in [2.75, 3.05) is 0 Å². The minimum absolute atomic E-state index is 0. The lowest BCUT2D eigenvalue weighted by molar-refractivity contribution is 0.861. The SMILES string of the molecule is Cc1nc2ncc(C(C)C)cc2[nH]1.[HH]. The summed E-state index contributed by atoms with van der Waals surface area (Å²) in [5, 5.41) is 0. The lowest BCUT2D eigenvalue weighted by Crippen LogP contribution is -1.88. The van der Waals surface area contributed by atoms with E-state index >= 15 is 0 Å². The number of aromatic amines is 1. The van der Waals surface area contributed by atoms with Gasteiger partial charge in [0.05, 0.1) is 5.52 Å². The zero-order valence-electron chi connectivity index (χ0n) is 8.13. The van der Waals surface area contributed by atoms with E-state index in [2.05, 4.69) is 34.9 Å². The first-order chi connectivity index (χ1) is 6.16. The van der Waals surface area contributed by atoms with Gasteiger partial charge in [-0.3, -0.25) is 0 Å². The molecule has 2 aromatic heterocycles. The Hall–Kier alpha value is -1.38. The monoisotopic (exact) mass is 177 g/mol. The first-order valence-corrected chi connectivity index (χ1v) is 4.49. The molecule has 0 aliphatic heterocycles. The molecule has 0 atom stereocenters. The van der Waals surface area contributed by atoms with Gasteiger partial charge < -0.3 is 4.98 Å². The van der Waals surface area contributed by atoms with E-state index in [1.165, 1.54) is 5.56 Å². The van der Waals surface area contributed by atoms with E-state index in [4.69, 9.17) is 0 Å². The number of hydrogen-bond acceptors (Lipinski definition) is 2. The number of imidazole rings is 1. The molecule has 3 heteroatoms. The molecule has 2 rings (SSSR count). The maximum atomic E-state index is 4.28. The van der Waals surface area contributed by atoms with Gasteiger partial charge in [0, 0.05) is 7.62 Å². The minimum atomic E-state index is 0. The summed E-state index contributed by atoms with van der Waals surface area (Å²) in [6.45, 7) is 6.26. The lowest BCUT2D eigenvalue weighted by atomic mass is 10.1. The second-order valence-electron chi connectivity index (χ2n) is 3.62. The van der Waals surface area contributed by atoms with E-state index in [1.54, 1.807) is 0 Å². The summed E-state index contributed by atoms with van der Waals surface area (Å²) in [4.78, 5) is 11.7. The summed E-state index contributed by atoms with van der Waals surface area (Å²) in [5.41, 5.74) is 3.08. The molecule has 0 spiro atoms. The predicted octanol–water partition coefficient (Wildman–Crippen LogP) is 2.64. The van der Waals surface area contributed by atoms with E-state index in [1.807, 2.05) is 13.1 Å². The van der Waals surface area contributed by atoms with Crippen LogP contribution in [0.5, 0.6) is 0 Å². The van der Waals surface area contributed by atoms with Gasteiger partial charge in [-0.15, -0.1) is 0 Å². The van der Waals surface area contributed by atoms with E-state index in [0.717, 1.165) is 17.0 Å². The maximum Gasteiger partial charge on any atom is 0.177 e. The summed E-state index contributed by atoms with van der Waals surface area (Å²) < 4.78 is 0. The highest BCUT2D eigenvalue weighted by molar-refractivity contribution is 5.71. The van der Waals surface area contributed by atoms with Gasteiger partial charge in [0.25, 0.3) is 0 Å². The third kappa shape index (κ3) is 1.41. The van der Waals surface area contributed by atoms with Crippen LogP contribution < -0.4 is 0 Å². The van der Waals surface area contributed by atoms with Crippen molar-refractivity contribution >= 4 is 11.2 Å². The number of nitrogens with zero attached hydrogens (tertiary/aromatic N) is 2. The van der Waals surface area contributed by atoms with Crippen molar-refractivity contribution < 1.29 is 1.43 Å². The number of H-pyrrole nitrogens is 1. The highest BCUT2D eigenvalue weighted by Crippen LogP contribution is 2.17. The van der Waals surface area contributed by atoms with Crippen LogP contribution in [0.25, 0.3) is 11.2 Å². The molecule has 0 unspecified atom stereocenters. The third-order valence-electron chi connectivity index (χ3n) is 2.14. The zero-order chi connectivity index (χ0) is 9.42. The third-order valence-corrected chi connectivity index (χ3v) is 2.14. The summed E-state index contributed by atoms with van der Waals surface area (Å²) >= 11 is 0. The Morgan fingerprint density at radius 1 is 1.46 bits per heavy atom. The number of aryl methyl sites for hydroxylation is 1. The smallest absolute Gasteiger partial charge is 0.177 e. The predicted molar refractivity (Wildman–Crippen MR) is 54.8 cm³/mol. The van der Waals surface area contributed by atoms with E-state index in [9.17, 15) is 0 Å². The molecule has 3 nitrogen and oxygen atoms in total. The Morgan fingerprint density at radius 3 is 2.92 bits per heavy atom. The van der Waals surface area contributed by atoms with E-state index in [-0.39, 0.29) is 1.43 Å². The molecule has 70 valence electrons. The molecule has 1 N–H and O–H groups in total. The molecule has 0 aliphatic rings. The van der Waals surface area contributed by atoms with Crippen molar-refractivity contribution in [1.29, 1.82) is 0 Å². The summed E-state index contributed by atoms with van der Waals surface area (Å²) in [6, 6.07) is 2.12. The van der Waals surface area contributed by atoms with Gasteiger partial charge in [-0.25, -0.2) is 9.97 Å². The Kier molecular flexibility index (Phi) is 1.79. The Labute approximate surface area is 78.7 Å². The Balaban J connectivity index is 0.000000980. The number of hydrogen-bond donors (Lipinski definition) is 1. The number of aromatic nitrogens is 3. The van der Waals surface area contributed by atoms with E-state index < -0.39 is 0 Å². The summed E-state index contributed by atoms with van der Waals surface area (Å²) in [7, 11) is 0. The molecule has 0 saturated carbocycles. The second-order valence-corrected chi connectivity index (χ2v) is 3.62. The van der Waals surface area contributed by atoms with Crippen LogP contribution in [0.1, 0.15) is 32.6 Å². The molecule has 0 bridgehead atoms. The van der Waals surface area contributed by atoms with Crippen molar-refractivity contribution in [1.82, 2.24) is 15.0 Å². The molecule has 0 amide bonds. The van der Waals surface area contributed by atoms with Crippen LogP contribution >= 0.6 is 0 Å².